The van der Waals surface area contributed by atoms with Crippen LogP contribution in [0.25, 0.3) is 0 Å². The predicted molar refractivity (Wildman–Crippen MR) is 63.5 cm³/mol. The van der Waals surface area contributed by atoms with Crippen molar-refractivity contribution in [1.29, 1.82) is 5.26 Å². The zero-order valence-corrected chi connectivity index (χ0v) is 10.3. The predicted octanol–water partition coefficient (Wildman–Crippen LogP) is 3.24. The fraction of sp³-hybridized carbons (Fsp3) is 0.923. The molecule has 0 aromatic heterocycles. The first-order chi connectivity index (χ1) is 7.09. The second kappa shape index (κ2) is 5.51. The largest absolute Gasteiger partial charge is 0.308 e. The molecule has 1 aliphatic rings. The van der Waals surface area contributed by atoms with Crippen molar-refractivity contribution < 1.29 is 0 Å². The van der Waals surface area contributed by atoms with E-state index in [9.17, 15) is 0 Å². The molecule has 1 N–H and O–H groups in total. The summed E-state index contributed by atoms with van der Waals surface area (Å²) in [5.74, 6) is 0.231. The smallest absolute Gasteiger partial charge is 0.0672 e. The summed E-state index contributed by atoms with van der Waals surface area (Å²) in [7, 11) is 0. The molecule has 1 saturated carbocycles. The number of hydrogen-bond donors (Lipinski definition) is 1. The van der Waals surface area contributed by atoms with Gasteiger partial charge in [0.2, 0.25) is 0 Å². The molecule has 0 spiro atoms. The van der Waals surface area contributed by atoms with Gasteiger partial charge in [-0.05, 0) is 33.1 Å². The minimum Gasteiger partial charge on any atom is -0.308 e. The molecule has 1 aliphatic carbocycles. The summed E-state index contributed by atoms with van der Waals surface area (Å²) in [6.07, 6.45) is 7.13. The van der Waals surface area contributed by atoms with Crippen molar-refractivity contribution in [2.24, 2.45) is 5.92 Å². The van der Waals surface area contributed by atoms with Crippen LogP contribution in [0.4, 0.5) is 0 Å². The molecule has 0 aliphatic heterocycles. The van der Waals surface area contributed by atoms with Gasteiger partial charge in [-0.25, -0.2) is 0 Å². The van der Waals surface area contributed by atoms with Gasteiger partial charge in [0.25, 0.3) is 0 Å². The molecule has 0 heterocycles. The number of nitriles is 1. The minimum atomic E-state index is 0.186. The molecule has 86 valence electrons. The van der Waals surface area contributed by atoms with Gasteiger partial charge in [0.05, 0.1) is 12.0 Å². The average Bonchev–Trinajstić information content (AvgIpc) is 2.17. The first-order valence-electron chi connectivity index (χ1n) is 6.26. The number of rotatable bonds is 4. The molecule has 2 nitrogen and oxygen atoms in total. The van der Waals surface area contributed by atoms with Crippen molar-refractivity contribution in [1.82, 2.24) is 5.32 Å². The van der Waals surface area contributed by atoms with Gasteiger partial charge < -0.3 is 5.32 Å². The molecular weight excluding hydrogens is 184 g/mol. The molecule has 0 amide bonds. The van der Waals surface area contributed by atoms with E-state index in [4.69, 9.17) is 5.26 Å². The lowest BCUT2D eigenvalue weighted by Crippen LogP contribution is -2.49. The van der Waals surface area contributed by atoms with Crippen molar-refractivity contribution in [2.45, 2.75) is 70.9 Å². The molecule has 1 fully saturated rings. The van der Waals surface area contributed by atoms with Crippen molar-refractivity contribution in [3.8, 4) is 6.07 Å². The number of hydrogen-bond acceptors (Lipinski definition) is 2. The first kappa shape index (κ1) is 12.5. The van der Waals surface area contributed by atoms with Gasteiger partial charge in [0.15, 0.2) is 0 Å². The fourth-order valence-electron chi connectivity index (χ4n) is 2.66. The third kappa shape index (κ3) is 3.83. The van der Waals surface area contributed by atoms with Crippen molar-refractivity contribution in [3.63, 3.8) is 0 Å². The van der Waals surface area contributed by atoms with Crippen LogP contribution in [-0.2, 0) is 0 Å². The standard InChI is InChI=1S/C13H24N2/c1-4-9-13(2,3)15-12-8-6-5-7-11(12)10-14/h11-12,15H,4-9H2,1-3H3. The first-order valence-corrected chi connectivity index (χ1v) is 6.26. The Hall–Kier alpha value is -0.550. The zero-order chi connectivity index (χ0) is 11.3. The Balaban J connectivity index is 2.51. The molecule has 0 bridgehead atoms. The highest BCUT2D eigenvalue weighted by Crippen LogP contribution is 2.26. The van der Waals surface area contributed by atoms with Gasteiger partial charge in [0, 0.05) is 11.6 Å². The van der Waals surface area contributed by atoms with Gasteiger partial charge in [-0.3, -0.25) is 0 Å². The van der Waals surface area contributed by atoms with E-state index in [-0.39, 0.29) is 11.5 Å². The van der Waals surface area contributed by atoms with Gasteiger partial charge in [0.1, 0.15) is 0 Å². The summed E-state index contributed by atoms with van der Waals surface area (Å²) in [6, 6.07) is 2.88. The van der Waals surface area contributed by atoms with E-state index < -0.39 is 0 Å². The maximum atomic E-state index is 9.10. The molecule has 1 rings (SSSR count). The van der Waals surface area contributed by atoms with Crippen LogP contribution < -0.4 is 5.32 Å². The van der Waals surface area contributed by atoms with Crippen LogP contribution in [0.2, 0.25) is 0 Å². The molecule has 15 heavy (non-hydrogen) atoms. The molecular formula is C13H24N2. The maximum absolute atomic E-state index is 9.10. The van der Waals surface area contributed by atoms with Crippen molar-refractivity contribution in [3.05, 3.63) is 0 Å². The molecule has 0 saturated heterocycles. The summed E-state index contributed by atoms with van der Waals surface area (Å²) in [5, 5.41) is 12.8. The normalized spacial score (nSPS) is 27.3. The Bertz CT molecular complexity index is 227. The topological polar surface area (TPSA) is 35.8 Å². The summed E-state index contributed by atoms with van der Waals surface area (Å²) >= 11 is 0. The maximum Gasteiger partial charge on any atom is 0.0672 e. The minimum absolute atomic E-state index is 0.186. The van der Waals surface area contributed by atoms with Gasteiger partial charge in [-0.1, -0.05) is 26.2 Å². The van der Waals surface area contributed by atoms with Crippen LogP contribution in [0.15, 0.2) is 0 Å². The molecule has 2 atom stereocenters. The Morgan fingerprint density at radius 3 is 2.60 bits per heavy atom. The summed E-state index contributed by atoms with van der Waals surface area (Å²) < 4.78 is 0. The van der Waals surface area contributed by atoms with E-state index in [0.717, 1.165) is 6.42 Å². The van der Waals surface area contributed by atoms with E-state index in [1.165, 1.54) is 32.1 Å². The molecule has 2 heteroatoms. The highest BCUT2D eigenvalue weighted by molar-refractivity contribution is 4.97. The Kier molecular flexibility index (Phi) is 4.60. The average molecular weight is 208 g/mol. The third-order valence-corrected chi connectivity index (χ3v) is 3.38. The van der Waals surface area contributed by atoms with Crippen LogP contribution in [-0.4, -0.2) is 11.6 Å². The Morgan fingerprint density at radius 1 is 1.33 bits per heavy atom. The number of nitrogens with one attached hydrogen (secondary N) is 1. The third-order valence-electron chi connectivity index (χ3n) is 3.38. The summed E-state index contributed by atoms with van der Waals surface area (Å²) in [5.41, 5.74) is 0.186. The molecule has 2 unspecified atom stereocenters. The Morgan fingerprint density at radius 2 is 2.00 bits per heavy atom. The van der Waals surface area contributed by atoms with E-state index >= 15 is 0 Å². The van der Waals surface area contributed by atoms with Gasteiger partial charge in [-0.15, -0.1) is 0 Å². The van der Waals surface area contributed by atoms with Crippen molar-refractivity contribution >= 4 is 0 Å². The van der Waals surface area contributed by atoms with E-state index in [2.05, 4.69) is 32.2 Å². The molecule has 0 aromatic carbocycles. The quantitative estimate of drug-likeness (QED) is 0.770. The Labute approximate surface area is 94.1 Å². The van der Waals surface area contributed by atoms with Crippen LogP contribution in [0.5, 0.6) is 0 Å². The van der Waals surface area contributed by atoms with E-state index in [1.54, 1.807) is 0 Å². The molecule has 0 aromatic rings. The van der Waals surface area contributed by atoms with Gasteiger partial charge >= 0.3 is 0 Å². The monoisotopic (exact) mass is 208 g/mol. The summed E-state index contributed by atoms with van der Waals surface area (Å²) in [4.78, 5) is 0. The van der Waals surface area contributed by atoms with Crippen LogP contribution >= 0.6 is 0 Å². The lowest BCUT2D eigenvalue weighted by atomic mass is 9.83. The highest BCUT2D eigenvalue weighted by atomic mass is 15.0. The lowest BCUT2D eigenvalue weighted by Gasteiger charge is -2.36. The second-order valence-corrected chi connectivity index (χ2v) is 5.40. The van der Waals surface area contributed by atoms with Crippen LogP contribution in [0, 0.1) is 17.2 Å². The van der Waals surface area contributed by atoms with Gasteiger partial charge in [-0.2, -0.15) is 5.26 Å². The van der Waals surface area contributed by atoms with E-state index in [0.29, 0.717) is 6.04 Å². The lowest BCUT2D eigenvalue weighted by molar-refractivity contribution is 0.233. The highest BCUT2D eigenvalue weighted by Gasteiger charge is 2.29. The van der Waals surface area contributed by atoms with Crippen LogP contribution in [0.1, 0.15) is 59.3 Å². The number of nitrogens with zero attached hydrogens (tertiary/aromatic N) is 1. The second-order valence-electron chi connectivity index (χ2n) is 5.40. The SMILES string of the molecule is CCCC(C)(C)NC1CCCCC1C#N. The fourth-order valence-corrected chi connectivity index (χ4v) is 2.66. The van der Waals surface area contributed by atoms with Crippen molar-refractivity contribution in [2.75, 3.05) is 0 Å². The molecule has 0 radical (unpaired) electrons. The van der Waals surface area contributed by atoms with E-state index in [1.807, 2.05) is 0 Å². The zero-order valence-electron chi connectivity index (χ0n) is 10.3. The van der Waals surface area contributed by atoms with Crippen LogP contribution in [0.3, 0.4) is 0 Å². The summed E-state index contributed by atoms with van der Waals surface area (Å²) in [6.45, 7) is 6.71.